The summed E-state index contributed by atoms with van der Waals surface area (Å²) in [6.07, 6.45) is 4.06. The average Bonchev–Trinajstić information content (AvgIpc) is 3.12. The normalized spacial score (nSPS) is 18.6. The van der Waals surface area contributed by atoms with Crippen LogP contribution in [0.2, 0.25) is 0 Å². The van der Waals surface area contributed by atoms with Gasteiger partial charge in [-0.25, -0.2) is 0 Å². The van der Waals surface area contributed by atoms with Crippen molar-refractivity contribution in [2.24, 2.45) is 17.3 Å². The molecule has 1 fully saturated rings. The Morgan fingerprint density at radius 2 is 2.05 bits per heavy atom. The quantitative estimate of drug-likeness (QED) is 0.774. The minimum absolute atomic E-state index is 0.433. The molecule has 0 aliphatic heterocycles. The van der Waals surface area contributed by atoms with Crippen molar-refractivity contribution in [3.05, 3.63) is 35.4 Å². The Kier molecular flexibility index (Phi) is 4.67. The number of rotatable bonds is 7. The largest absolute Gasteiger partial charge is 0.316 e. The number of hydrogen-bond donors (Lipinski definition) is 1. The SMILES string of the molecule is Cc1cccc(CC(C)(CNCC(C)C)C2CC2)c1. The van der Waals surface area contributed by atoms with Crippen molar-refractivity contribution in [3.8, 4) is 0 Å². The van der Waals surface area contributed by atoms with Crippen LogP contribution in [0.25, 0.3) is 0 Å². The van der Waals surface area contributed by atoms with E-state index in [0.717, 1.165) is 24.9 Å². The summed E-state index contributed by atoms with van der Waals surface area (Å²) < 4.78 is 0. The van der Waals surface area contributed by atoms with Gasteiger partial charge in [0.25, 0.3) is 0 Å². The van der Waals surface area contributed by atoms with E-state index in [1.165, 1.54) is 30.4 Å². The fourth-order valence-electron chi connectivity index (χ4n) is 3.07. The maximum absolute atomic E-state index is 3.68. The zero-order valence-electron chi connectivity index (χ0n) is 13.0. The van der Waals surface area contributed by atoms with Crippen LogP contribution in [-0.2, 0) is 6.42 Å². The molecule has 1 unspecified atom stereocenters. The summed E-state index contributed by atoms with van der Waals surface area (Å²) >= 11 is 0. The summed E-state index contributed by atoms with van der Waals surface area (Å²) in [5.74, 6) is 1.66. The van der Waals surface area contributed by atoms with Gasteiger partial charge in [-0.15, -0.1) is 0 Å². The molecule has 1 heteroatoms. The standard InChI is InChI=1S/C18H29N/c1-14(2)12-19-13-18(4,17-8-9-17)11-16-7-5-6-15(3)10-16/h5-7,10,14,17,19H,8-9,11-13H2,1-4H3. The van der Waals surface area contributed by atoms with Crippen molar-refractivity contribution in [3.63, 3.8) is 0 Å². The van der Waals surface area contributed by atoms with Gasteiger partial charge in [0.2, 0.25) is 0 Å². The van der Waals surface area contributed by atoms with E-state index in [2.05, 4.69) is 57.3 Å². The van der Waals surface area contributed by atoms with Gasteiger partial charge in [-0.3, -0.25) is 0 Å². The van der Waals surface area contributed by atoms with Crippen molar-refractivity contribution in [1.29, 1.82) is 0 Å². The van der Waals surface area contributed by atoms with Crippen LogP contribution in [-0.4, -0.2) is 13.1 Å². The molecule has 1 N–H and O–H groups in total. The highest BCUT2D eigenvalue weighted by Crippen LogP contribution is 2.47. The van der Waals surface area contributed by atoms with Crippen molar-refractivity contribution in [1.82, 2.24) is 5.32 Å². The van der Waals surface area contributed by atoms with Gasteiger partial charge < -0.3 is 5.32 Å². The van der Waals surface area contributed by atoms with Gasteiger partial charge in [-0.2, -0.15) is 0 Å². The van der Waals surface area contributed by atoms with Crippen molar-refractivity contribution in [2.45, 2.75) is 47.0 Å². The minimum Gasteiger partial charge on any atom is -0.316 e. The lowest BCUT2D eigenvalue weighted by molar-refractivity contribution is 0.252. The van der Waals surface area contributed by atoms with Crippen LogP contribution in [0.5, 0.6) is 0 Å². The van der Waals surface area contributed by atoms with Crippen LogP contribution < -0.4 is 5.32 Å². The van der Waals surface area contributed by atoms with Crippen LogP contribution >= 0.6 is 0 Å². The third-order valence-electron chi connectivity index (χ3n) is 4.33. The zero-order chi connectivity index (χ0) is 13.9. The van der Waals surface area contributed by atoms with E-state index in [1.54, 1.807) is 0 Å². The van der Waals surface area contributed by atoms with E-state index in [1.807, 2.05) is 0 Å². The van der Waals surface area contributed by atoms with E-state index in [0.29, 0.717) is 5.41 Å². The summed E-state index contributed by atoms with van der Waals surface area (Å²) in [4.78, 5) is 0. The Hall–Kier alpha value is -0.820. The fraction of sp³-hybridized carbons (Fsp3) is 0.667. The second-order valence-corrected chi connectivity index (χ2v) is 7.12. The molecule has 1 aromatic rings. The summed E-state index contributed by atoms with van der Waals surface area (Å²) in [7, 11) is 0. The van der Waals surface area contributed by atoms with Gasteiger partial charge in [-0.1, -0.05) is 50.6 Å². The maximum Gasteiger partial charge on any atom is 0.00111 e. The van der Waals surface area contributed by atoms with Gasteiger partial charge in [0.05, 0.1) is 0 Å². The topological polar surface area (TPSA) is 12.0 Å². The van der Waals surface area contributed by atoms with Crippen LogP contribution in [0, 0.1) is 24.2 Å². The third kappa shape index (κ3) is 4.35. The summed E-state index contributed by atoms with van der Waals surface area (Å²) in [5.41, 5.74) is 3.31. The third-order valence-corrected chi connectivity index (χ3v) is 4.33. The molecule has 0 aromatic heterocycles. The second-order valence-electron chi connectivity index (χ2n) is 7.12. The molecule has 0 amide bonds. The molecule has 0 heterocycles. The highest BCUT2D eigenvalue weighted by molar-refractivity contribution is 5.24. The molecule has 0 saturated heterocycles. The van der Waals surface area contributed by atoms with E-state index < -0.39 is 0 Å². The van der Waals surface area contributed by atoms with E-state index in [4.69, 9.17) is 0 Å². The zero-order valence-corrected chi connectivity index (χ0v) is 13.0. The highest BCUT2D eigenvalue weighted by atomic mass is 14.9. The van der Waals surface area contributed by atoms with Gasteiger partial charge in [0, 0.05) is 6.54 Å². The Morgan fingerprint density at radius 1 is 1.32 bits per heavy atom. The number of benzene rings is 1. The molecule has 19 heavy (non-hydrogen) atoms. The molecule has 2 rings (SSSR count). The van der Waals surface area contributed by atoms with Crippen LogP contribution in [0.3, 0.4) is 0 Å². The molecule has 1 saturated carbocycles. The van der Waals surface area contributed by atoms with Crippen LogP contribution in [0.15, 0.2) is 24.3 Å². The van der Waals surface area contributed by atoms with Crippen LogP contribution in [0.1, 0.15) is 44.7 Å². The molecule has 1 aliphatic rings. The van der Waals surface area contributed by atoms with Gasteiger partial charge in [0.15, 0.2) is 0 Å². The minimum atomic E-state index is 0.433. The Morgan fingerprint density at radius 3 is 2.63 bits per heavy atom. The van der Waals surface area contributed by atoms with Crippen molar-refractivity contribution >= 4 is 0 Å². The maximum atomic E-state index is 3.68. The fourth-order valence-corrected chi connectivity index (χ4v) is 3.07. The Labute approximate surface area is 118 Å². The summed E-state index contributed by atoms with van der Waals surface area (Å²) in [5, 5.41) is 3.68. The first-order valence-electron chi connectivity index (χ1n) is 7.76. The molecular weight excluding hydrogens is 230 g/mol. The second kappa shape index (κ2) is 6.09. The summed E-state index contributed by atoms with van der Waals surface area (Å²) in [6, 6.07) is 9.02. The van der Waals surface area contributed by atoms with E-state index in [9.17, 15) is 0 Å². The number of hydrogen-bond acceptors (Lipinski definition) is 1. The Balaban J connectivity index is 1.98. The first-order chi connectivity index (χ1) is 8.99. The van der Waals surface area contributed by atoms with E-state index >= 15 is 0 Å². The Bertz CT molecular complexity index is 406. The predicted molar refractivity (Wildman–Crippen MR) is 83.4 cm³/mol. The predicted octanol–water partition coefficient (Wildman–Crippen LogP) is 4.20. The highest BCUT2D eigenvalue weighted by Gasteiger charge is 2.40. The lowest BCUT2D eigenvalue weighted by atomic mass is 9.78. The molecule has 0 bridgehead atoms. The molecule has 1 atom stereocenters. The number of nitrogens with one attached hydrogen (secondary N) is 1. The van der Waals surface area contributed by atoms with Gasteiger partial charge in [0.1, 0.15) is 0 Å². The van der Waals surface area contributed by atoms with E-state index in [-0.39, 0.29) is 0 Å². The molecule has 0 radical (unpaired) electrons. The van der Waals surface area contributed by atoms with Crippen LogP contribution in [0.4, 0.5) is 0 Å². The molecular formula is C18H29N. The van der Waals surface area contributed by atoms with Gasteiger partial charge >= 0.3 is 0 Å². The molecule has 1 nitrogen and oxygen atoms in total. The van der Waals surface area contributed by atoms with Gasteiger partial charge in [-0.05, 0) is 55.5 Å². The van der Waals surface area contributed by atoms with Crippen molar-refractivity contribution in [2.75, 3.05) is 13.1 Å². The van der Waals surface area contributed by atoms with Crippen molar-refractivity contribution < 1.29 is 0 Å². The molecule has 1 aliphatic carbocycles. The average molecular weight is 259 g/mol. The number of aryl methyl sites for hydroxylation is 1. The smallest absolute Gasteiger partial charge is 0.00111 e. The monoisotopic (exact) mass is 259 g/mol. The molecule has 106 valence electrons. The summed E-state index contributed by atoms with van der Waals surface area (Å²) in [6.45, 7) is 11.5. The molecule has 1 aromatic carbocycles. The first kappa shape index (κ1) is 14.6. The lowest BCUT2D eigenvalue weighted by Gasteiger charge is -2.31. The lowest BCUT2D eigenvalue weighted by Crippen LogP contribution is -2.37. The molecule has 0 spiro atoms. The first-order valence-corrected chi connectivity index (χ1v) is 7.76.